The molecule has 6 nitrogen and oxygen atoms in total. The van der Waals surface area contributed by atoms with E-state index in [4.69, 9.17) is 19.9 Å². The van der Waals surface area contributed by atoms with Gasteiger partial charge in [-0.05, 0) is 240 Å². The minimum atomic E-state index is -0.417. The molecular formula is C128H84N6. The molecule has 3 aliphatic carbocycles. The van der Waals surface area contributed by atoms with Crippen LogP contribution in [-0.4, -0.2) is 29.9 Å². The van der Waals surface area contributed by atoms with Crippen LogP contribution in [0.4, 0.5) is 0 Å². The summed E-state index contributed by atoms with van der Waals surface area (Å²) in [4.78, 5) is 29.1. The van der Waals surface area contributed by atoms with Crippen LogP contribution in [0.3, 0.4) is 0 Å². The fourth-order valence-corrected chi connectivity index (χ4v) is 20.8. The van der Waals surface area contributed by atoms with Crippen LogP contribution >= 0.6 is 0 Å². The quantitative estimate of drug-likeness (QED) is 0.0959. The molecule has 626 valence electrons. The zero-order chi connectivity index (χ0) is 88.9. The van der Waals surface area contributed by atoms with Gasteiger partial charge in [-0.2, -0.15) is 0 Å². The summed E-state index contributed by atoms with van der Waals surface area (Å²) in [6.07, 6.45) is 7.38. The van der Waals surface area contributed by atoms with Crippen molar-refractivity contribution in [2.24, 2.45) is 0 Å². The van der Waals surface area contributed by atoms with Gasteiger partial charge in [0.2, 0.25) is 0 Å². The standard InChI is InChI=1S/C64H41N3.C64H43N3/c1-2-14-44(15-3-1)63-66-61(43-31-29-42(30-32-43)52-22-13-35-65-41-52)40-62(67-63)51-21-12-20-49(38-51)47-18-10-16-45(36-47)46-17-11-19-48(37-46)50-33-34-60-56(39-50)55-25-6-9-28-59(55)64(60)57-26-7-4-23-53(57)54-24-5-8-27-58(54)64;1-4-16-46(17-5-1)63-66-61(45-33-31-44(32-34-45)54-24-15-37-65-43-54)42-62(67-63)53-23-14-22-51(40-53)49-20-12-18-47(38-49)48-19-13-21-50(39-48)52-35-36-60-58(41-52)57-29-10-11-30-59(57)64(60,55-25-6-2-7-26-55)56-27-8-3-9-28-56/h1-41H;1-43H. The second kappa shape index (κ2) is 34.1. The molecule has 0 aliphatic heterocycles. The first kappa shape index (κ1) is 79.8. The predicted octanol–water partition coefficient (Wildman–Crippen LogP) is 31.8. The maximum absolute atomic E-state index is 5.16. The van der Waals surface area contributed by atoms with Crippen LogP contribution in [0.25, 0.3) is 190 Å². The molecule has 0 N–H and O–H groups in total. The fraction of sp³-hybridized carbons (Fsp3) is 0.0156. The average Bonchev–Trinajstić information content (AvgIpc) is 1.51. The van der Waals surface area contributed by atoms with E-state index in [0.717, 1.165) is 106 Å². The van der Waals surface area contributed by atoms with Crippen molar-refractivity contribution in [2.45, 2.75) is 10.8 Å². The lowest BCUT2D eigenvalue weighted by Crippen LogP contribution is -2.28. The molecule has 0 atom stereocenters. The van der Waals surface area contributed by atoms with Gasteiger partial charge < -0.3 is 0 Å². The van der Waals surface area contributed by atoms with Gasteiger partial charge in [-0.25, -0.2) is 19.9 Å². The Morgan fingerprint density at radius 3 is 0.694 bits per heavy atom. The van der Waals surface area contributed by atoms with Crippen molar-refractivity contribution in [1.82, 2.24) is 29.9 Å². The molecule has 134 heavy (non-hydrogen) atoms. The van der Waals surface area contributed by atoms with E-state index < -0.39 is 5.41 Å². The number of rotatable bonds is 16. The fourth-order valence-electron chi connectivity index (χ4n) is 20.8. The van der Waals surface area contributed by atoms with E-state index in [2.05, 4.69) is 447 Å². The molecule has 22 aromatic rings. The zero-order valence-electron chi connectivity index (χ0n) is 73.2. The third-order valence-corrected chi connectivity index (χ3v) is 27.1. The molecule has 0 radical (unpaired) electrons. The highest BCUT2D eigenvalue weighted by Gasteiger charge is 2.52. The first-order valence-corrected chi connectivity index (χ1v) is 45.7. The van der Waals surface area contributed by atoms with E-state index in [1.54, 1.807) is 12.4 Å². The number of hydrogen-bond acceptors (Lipinski definition) is 6. The lowest BCUT2D eigenvalue weighted by atomic mass is 9.67. The Labute approximate surface area is 780 Å². The number of nitrogens with zero attached hydrogens (tertiary/aromatic N) is 6. The summed E-state index contributed by atoms with van der Waals surface area (Å²) >= 11 is 0. The molecule has 0 amide bonds. The highest BCUT2D eigenvalue weighted by Crippen LogP contribution is 2.64. The van der Waals surface area contributed by atoms with Crippen LogP contribution in [0.2, 0.25) is 0 Å². The summed E-state index contributed by atoms with van der Waals surface area (Å²) in [5.41, 5.74) is 45.6. The second-order valence-corrected chi connectivity index (χ2v) is 34.7. The normalized spacial score (nSPS) is 12.4. The molecule has 0 saturated heterocycles. The molecule has 4 heterocycles. The summed E-state index contributed by atoms with van der Waals surface area (Å²) in [6, 6.07) is 175. The van der Waals surface area contributed by atoms with Crippen molar-refractivity contribution in [3.8, 4) is 190 Å². The van der Waals surface area contributed by atoms with Gasteiger partial charge in [0.25, 0.3) is 0 Å². The molecule has 0 fully saturated rings. The van der Waals surface area contributed by atoms with Gasteiger partial charge in [0.15, 0.2) is 11.6 Å². The van der Waals surface area contributed by atoms with E-state index in [9.17, 15) is 0 Å². The Hall–Kier alpha value is -17.6. The molecule has 18 aromatic carbocycles. The first-order valence-electron chi connectivity index (χ1n) is 45.7. The van der Waals surface area contributed by atoms with Crippen molar-refractivity contribution in [2.75, 3.05) is 0 Å². The van der Waals surface area contributed by atoms with Crippen molar-refractivity contribution in [1.29, 1.82) is 0 Å². The largest absolute Gasteiger partial charge is 0.264 e. The van der Waals surface area contributed by atoms with Crippen molar-refractivity contribution in [3.63, 3.8) is 0 Å². The average molecular weight is 1710 g/mol. The van der Waals surface area contributed by atoms with E-state index in [0.29, 0.717) is 11.6 Å². The topological polar surface area (TPSA) is 77.3 Å². The third kappa shape index (κ3) is 14.3. The smallest absolute Gasteiger partial charge is 0.160 e. The van der Waals surface area contributed by atoms with Gasteiger partial charge >= 0.3 is 0 Å². The zero-order valence-corrected chi connectivity index (χ0v) is 73.2. The second-order valence-electron chi connectivity index (χ2n) is 34.7. The lowest BCUT2D eigenvalue weighted by Gasteiger charge is -2.33. The van der Waals surface area contributed by atoms with Crippen molar-refractivity contribution < 1.29 is 0 Å². The maximum atomic E-state index is 5.16. The summed E-state index contributed by atoms with van der Waals surface area (Å²) in [5.74, 6) is 1.38. The van der Waals surface area contributed by atoms with Crippen LogP contribution in [0.15, 0.2) is 510 Å². The Morgan fingerprint density at radius 1 is 0.134 bits per heavy atom. The molecule has 1 spiro atoms. The minimum Gasteiger partial charge on any atom is -0.264 e. The number of fused-ring (bicyclic) bond motifs is 13. The molecular weight excluding hydrogens is 1620 g/mol. The SMILES string of the molecule is c1ccc(-c2nc(-c3ccc(-c4cccnc4)cc3)cc(-c3cccc(-c4cccc(-c5cccc(-c6ccc7c(c6)-c6ccccc6C7(c6ccccc6)c6ccccc6)c5)c4)c3)n2)cc1.c1ccc(-c2nc(-c3ccc(-c4cccnc4)cc3)cc(-c3cccc(-c4cccc(-c5cccc(-c6ccc7c(c6)-c6ccccc6C76c7ccccc7-c7ccccc76)c5)c4)c3)n2)cc1. The Bertz CT molecular complexity index is 7730. The Balaban J connectivity index is 0.000000147. The Morgan fingerprint density at radius 2 is 0.366 bits per heavy atom. The van der Waals surface area contributed by atoms with Crippen LogP contribution < -0.4 is 0 Å². The number of aromatic nitrogens is 6. The highest BCUT2D eigenvalue weighted by molar-refractivity contribution is 5.97. The maximum Gasteiger partial charge on any atom is 0.160 e. The summed E-state index contributed by atoms with van der Waals surface area (Å²) in [5, 5.41) is 0. The molecule has 0 unspecified atom stereocenters. The van der Waals surface area contributed by atoms with E-state index in [-0.39, 0.29) is 5.41 Å². The first-order chi connectivity index (χ1) is 66.4. The van der Waals surface area contributed by atoms with E-state index in [1.165, 1.54) is 117 Å². The van der Waals surface area contributed by atoms with Gasteiger partial charge in [-0.3, -0.25) is 9.97 Å². The predicted molar refractivity (Wildman–Crippen MR) is 549 cm³/mol. The van der Waals surface area contributed by atoms with E-state index in [1.807, 2.05) is 60.9 Å². The molecule has 0 saturated carbocycles. The van der Waals surface area contributed by atoms with Gasteiger partial charge in [0.05, 0.1) is 33.6 Å². The molecule has 0 bridgehead atoms. The van der Waals surface area contributed by atoms with E-state index >= 15 is 0 Å². The number of benzene rings is 18. The van der Waals surface area contributed by atoms with Gasteiger partial charge in [0.1, 0.15) is 0 Å². The summed E-state index contributed by atoms with van der Waals surface area (Å²) in [6.45, 7) is 0. The highest BCUT2D eigenvalue weighted by atomic mass is 14.9. The molecule has 4 aromatic heterocycles. The molecule has 25 rings (SSSR count). The molecule has 6 heteroatoms. The lowest BCUT2D eigenvalue weighted by molar-refractivity contribution is 0.768. The Kier molecular flexibility index (Phi) is 20.3. The van der Waals surface area contributed by atoms with Crippen LogP contribution in [0, 0.1) is 0 Å². The summed E-state index contributed by atoms with van der Waals surface area (Å²) < 4.78 is 0. The summed E-state index contributed by atoms with van der Waals surface area (Å²) in [7, 11) is 0. The van der Waals surface area contributed by atoms with Crippen molar-refractivity contribution >= 4 is 0 Å². The monoisotopic (exact) mass is 1700 g/mol. The van der Waals surface area contributed by atoms with Crippen LogP contribution in [0.1, 0.15) is 44.5 Å². The number of pyridine rings is 2. The molecule has 3 aliphatic rings. The number of hydrogen-bond donors (Lipinski definition) is 0. The van der Waals surface area contributed by atoms with Crippen LogP contribution in [0.5, 0.6) is 0 Å². The minimum absolute atomic E-state index is 0.343. The third-order valence-electron chi connectivity index (χ3n) is 27.1. The van der Waals surface area contributed by atoms with Gasteiger partial charge in [-0.15, -0.1) is 0 Å². The van der Waals surface area contributed by atoms with Gasteiger partial charge in [0, 0.05) is 58.2 Å². The van der Waals surface area contributed by atoms with Crippen molar-refractivity contribution in [3.05, 3.63) is 555 Å². The van der Waals surface area contributed by atoms with Gasteiger partial charge in [-0.1, -0.05) is 413 Å². The van der Waals surface area contributed by atoms with Crippen LogP contribution in [-0.2, 0) is 10.8 Å².